The standard InChI is InChI=1S/C19H15ClF3N3O4S/c20-13-4-6-15(7-5-13)31(28,29)11-16-25-18(30-26-16)9-8-17(27)24-14-3-1-2-12(10-14)19(21,22)23/h1-7,10H,8-9,11H2,(H,24,27). The molecule has 0 unspecified atom stereocenters. The van der Waals surface area contributed by atoms with Gasteiger partial charge in [-0.25, -0.2) is 8.42 Å². The zero-order valence-electron chi connectivity index (χ0n) is 15.7. The molecule has 2 aromatic carbocycles. The first-order chi connectivity index (χ1) is 14.5. The van der Waals surface area contributed by atoms with E-state index in [2.05, 4.69) is 15.5 Å². The lowest BCUT2D eigenvalue weighted by molar-refractivity contribution is -0.137. The Hall–Kier alpha value is -2.92. The van der Waals surface area contributed by atoms with Gasteiger partial charge < -0.3 is 9.84 Å². The van der Waals surface area contributed by atoms with Gasteiger partial charge in [0.1, 0.15) is 5.75 Å². The number of carbonyl (C=O) groups excluding carboxylic acids is 1. The minimum atomic E-state index is -4.52. The molecule has 0 spiro atoms. The summed E-state index contributed by atoms with van der Waals surface area (Å²) in [5, 5.41) is 6.35. The summed E-state index contributed by atoms with van der Waals surface area (Å²) in [5.74, 6) is -1.12. The smallest absolute Gasteiger partial charge is 0.339 e. The number of rotatable bonds is 7. The summed E-state index contributed by atoms with van der Waals surface area (Å²) in [6, 6.07) is 9.84. The Kier molecular flexibility index (Phi) is 6.65. The molecule has 164 valence electrons. The van der Waals surface area contributed by atoms with Gasteiger partial charge in [0.25, 0.3) is 0 Å². The van der Waals surface area contributed by atoms with Crippen LogP contribution in [0, 0.1) is 0 Å². The normalized spacial score (nSPS) is 12.0. The molecule has 0 saturated carbocycles. The van der Waals surface area contributed by atoms with Gasteiger partial charge in [-0.15, -0.1) is 0 Å². The van der Waals surface area contributed by atoms with E-state index in [1.165, 1.54) is 36.4 Å². The molecule has 0 aliphatic carbocycles. The summed E-state index contributed by atoms with van der Waals surface area (Å²) in [7, 11) is -3.72. The number of sulfone groups is 1. The highest BCUT2D eigenvalue weighted by molar-refractivity contribution is 7.90. The van der Waals surface area contributed by atoms with Gasteiger partial charge in [0.15, 0.2) is 15.7 Å². The van der Waals surface area contributed by atoms with Gasteiger partial charge in [0.2, 0.25) is 11.8 Å². The average molecular weight is 474 g/mol. The van der Waals surface area contributed by atoms with Crippen molar-refractivity contribution < 1.29 is 30.9 Å². The topological polar surface area (TPSA) is 102 Å². The number of carbonyl (C=O) groups is 1. The molecule has 1 N–H and O–H groups in total. The fraction of sp³-hybridized carbons (Fsp3) is 0.211. The molecule has 7 nitrogen and oxygen atoms in total. The van der Waals surface area contributed by atoms with E-state index in [1.807, 2.05) is 0 Å². The molecule has 3 aromatic rings. The molecule has 1 amide bonds. The number of aromatic nitrogens is 2. The zero-order chi connectivity index (χ0) is 22.6. The maximum Gasteiger partial charge on any atom is 0.416 e. The number of nitrogens with zero attached hydrogens (tertiary/aromatic N) is 2. The van der Waals surface area contributed by atoms with Crippen molar-refractivity contribution >= 4 is 33.0 Å². The molecule has 0 saturated heterocycles. The summed E-state index contributed by atoms with van der Waals surface area (Å²) >= 11 is 5.75. The van der Waals surface area contributed by atoms with Crippen molar-refractivity contribution in [3.63, 3.8) is 0 Å². The number of hydrogen-bond acceptors (Lipinski definition) is 6. The number of halogens is 4. The second kappa shape index (κ2) is 9.06. The Morgan fingerprint density at radius 3 is 2.52 bits per heavy atom. The van der Waals surface area contributed by atoms with Crippen LogP contribution < -0.4 is 5.32 Å². The molecular formula is C19H15ClF3N3O4S. The predicted molar refractivity (Wildman–Crippen MR) is 105 cm³/mol. The van der Waals surface area contributed by atoms with Crippen molar-refractivity contribution in [2.45, 2.75) is 29.7 Å². The van der Waals surface area contributed by atoms with E-state index in [-0.39, 0.29) is 35.1 Å². The molecule has 0 fully saturated rings. The summed E-state index contributed by atoms with van der Waals surface area (Å²) in [5.41, 5.74) is -0.881. The monoisotopic (exact) mass is 473 g/mol. The largest absolute Gasteiger partial charge is 0.416 e. The van der Waals surface area contributed by atoms with Crippen LogP contribution in [0.5, 0.6) is 0 Å². The van der Waals surface area contributed by atoms with E-state index in [1.54, 1.807) is 0 Å². The molecule has 12 heteroatoms. The van der Waals surface area contributed by atoms with E-state index < -0.39 is 33.2 Å². The van der Waals surface area contributed by atoms with Gasteiger partial charge in [-0.3, -0.25) is 4.79 Å². The average Bonchev–Trinajstić information content (AvgIpc) is 3.13. The van der Waals surface area contributed by atoms with E-state index in [4.69, 9.17) is 16.1 Å². The first kappa shape index (κ1) is 22.8. The van der Waals surface area contributed by atoms with Gasteiger partial charge in [0, 0.05) is 23.6 Å². The summed E-state index contributed by atoms with van der Waals surface area (Å²) in [4.78, 5) is 16.0. The lowest BCUT2D eigenvalue weighted by atomic mass is 10.2. The summed E-state index contributed by atoms with van der Waals surface area (Å²) < 4.78 is 67.9. The Morgan fingerprint density at radius 1 is 1.13 bits per heavy atom. The first-order valence-electron chi connectivity index (χ1n) is 8.80. The van der Waals surface area contributed by atoms with Crippen LogP contribution in [-0.4, -0.2) is 24.5 Å². The molecule has 0 bridgehead atoms. The van der Waals surface area contributed by atoms with E-state index in [0.29, 0.717) is 5.02 Å². The third-order valence-corrected chi connectivity index (χ3v) is 5.92. The quantitative estimate of drug-likeness (QED) is 0.549. The van der Waals surface area contributed by atoms with Crippen LogP contribution in [0.15, 0.2) is 57.9 Å². The van der Waals surface area contributed by atoms with Gasteiger partial charge in [0.05, 0.1) is 10.5 Å². The third-order valence-electron chi connectivity index (χ3n) is 4.04. The number of amides is 1. The molecule has 1 aromatic heterocycles. The van der Waals surface area contributed by atoms with Crippen LogP contribution in [0.2, 0.25) is 5.02 Å². The summed E-state index contributed by atoms with van der Waals surface area (Å²) in [6.07, 6.45) is -4.69. The molecule has 0 radical (unpaired) electrons. The van der Waals surface area contributed by atoms with Crippen LogP contribution in [0.3, 0.4) is 0 Å². The van der Waals surface area contributed by atoms with Crippen molar-refractivity contribution in [1.29, 1.82) is 0 Å². The van der Waals surface area contributed by atoms with Crippen LogP contribution in [-0.2, 0) is 33.0 Å². The van der Waals surface area contributed by atoms with Gasteiger partial charge >= 0.3 is 6.18 Å². The van der Waals surface area contributed by atoms with E-state index >= 15 is 0 Å². The number of aryl methyl sites for hydroxylation is 1. The van der Waals surface area contributed by atoms with Crippen LogP contribution in [0.4, 0.5) is 18.9 Å². The SMILES string of the molecule is O=C(CCc1nc(CS(=O)(=O)c2ccc(Cl)cc2)no1)Nc1cccc(C(F)(F)F)c1. The van der Waals surface area contributed by atoms with Crippen molar-refractivity contribution in [2.24, 2.45) is 0 Å². The fourth-order valence-electron chi connectivity index (χ4n) is 2.56. The van der Waals surface area contributed by atoms with E-state index in [0.717, 1.165) is 12.1 Å². The van der Waals surface area contributed by atoms with Gasteiger partial charge in [-0.05, 0) is 42.5 Å². The van der Waals surface area contributed by atoms with Crippen LogP contribution in [0.1, 0.15) is 23.7 Å². The molecule has 1 heterocycles. The number of alkyl halides is 3. The van der Waals surface area contributed by atoms with Gasteiger partial charge in [-0.1, -0.05) is 22.8 Å². The van der Waals surface area contributed by atoms with Crippen molar-refractivity contribution in [1.82, 2.24) is 10.1 Å². The first-order valence-corrected chi connectivity index (χ1v) is 10.8. The Balaban J connectivity index is 1.56. The van der Waals surface area contributed by atoms with Crippen molar-refractivity contribution in [2.75, 3.05) is 5.32 Å². The minimum Gasteiger partial charge on any atom is -0.339 e. The molecule has 3 rings (SSSR count). The van der Waals surface area contributed by atoms with Crippen molar-refractivity contribution in [3.8, 4) is 0 Å². The Bertz CT molecular complexity index is 1180. The van der Waals surface area contributed by atoms with Gasteiger partial charge in [-0.2, -0.15) is 18.2 Å². The van der Waals surface area contributed by atoms with Crippen LogP contribution >= 0.6 is 11.6 Å². The highest BCUT2D eigenvalue weighted by Crippen LogP contribution is 2.30. The molecule has 31 heavy (non-hydrogen) atoms. The zero-order valence-corrected chi connectivity index (χ0v) is 17.3. The fourth-order valence-corrected chi connectivity index (χ4v) is 3.86. The number of benzene rings is 2. The highest BCUT2D eigenvalue weighted by atomic mass is 35.5. The molecule has 0 aliphatic heterocycles. The Labute approximate surface area is 180 Å². The van der Waals surface area contributed by atoms with Crippen LogP contribution in [0.25, 0.3) is 0 Å². The molecule has 0 atom stereocenters. The lowest BCUT2D eigenvalue weighted by Crippen LogP contribution is -2.13. The van der Waals surface area contributed by atoms with E-state index in [9.17, 15) is 26.4 Å². The maximum absolute atomic E-state index is 12.7. The second-order valence-corrected chi connectivity index (χ2v) is 8.87. The molecular weight excluding hydrogens is 459 g/mol. The Morgan fingerprint density at radius 2 is 1.84 bits per heavy atom. The lowest BCUT2D eigenvalue weighted by Gasteiger charge is -2.09. The highest BCUT2D eigenvalue weighted by Gasteiger charge is 2.30. The van der Waals surface area contributed by atoms with Crippen molar-refractivity contribution in [3.05, 3.63) is 70.8 Å². The predicted octanol–water partition coefficient (Wildman–Crippen LogP) is 4.29. The number of anilines is 1. The summed E-state index contributed by atoms with van der Waals surface area (Å²) in [6.45, 7) is 0. The number of nitrogens with one attached hydrogen (secondary N) is 1. The number of hydrogen-bond donors (Lipinski definition) is 1. The second-order valence-electron chi connectivity index (χ2n) is 6.44. The third kappa shape index (κ3) is 6.28. The minimum absolute atomic E-state index is 0.0000935. The maximum atomic E-state index is 12.7. The molecule has 0 aliphatic rings.